The first kappa shape index (κ1) is 9.46. The van der Waals surface area contributed by atoms with Gasteiger partial charge in [0.25, 0.3) is 0 Å². The Bertz CT molecular complexity index is 279. The number of rotatable bonds is 1. The van der Waals surface area contributed by atoms with Gasteiger partial charge in [0.15, 0.2) is 5.96 Å². The Morgan fingerprint density at radius 1 is 1.40 bits per heavy atom. The summed E-state index contributed by atoms with van der Waals surface area (Å²) in [4.78, 5) is 6.92. The van der Waals surface area contributed by atoms with Gasteiger partial charge < -0.3 is 15.0 Å². The molecule has 3 aliphatic heterocycles. The lowest BCUT2D eigenvalue weighted by molar-refractivity contribution is 0.00898. The molecule has 0 amide bonds. The van der Waals surface area contributed by atoms with Gasteiger partial charge in [-0.1, -0.05) is 0 Å². The summed E-state index contributed by atoms with van der Waals surface area (Å²) in [5.74, 6) is 1.11. The second kappa shape index (κ2) is 3.67. The molecule has 0 aromatic carbocycles. The van der Waals surface area contributed by atoms with E-state index in [1.807, 2.05) is 0 Å². The summed E-state index contributed by atoms with van der Waals surface area (Å²) in [5, 5.41) is 3.34. The van der Waals surface area contributed by atoms with Gasteiger partial charge in [-0.25, -0.2) is 0 Å². The van der Waals surface area contributed by atoms with E-state index in [0.29, 0.717) is 18.2 Å². The number of hydrogen-bond donors (Lipinski definition) is 1. The molecule has 3 aliphatic rings. The van der Waals surface area contributed by atoms with Crippen LogP contribution in [0.2, 0.25) is 0 Å². The summed E-state index contributed by atoms with van der Waals surface area (Å²) in [6.07, 6.45) is 4.48. The average molecular weight is 209 g/mol. The van der Waals surface area contributed by atoms with Gasteiger partial charge in [-0.05, 0) is 26.2 Å². The minimum atomic E-state index is 0.436. The second-order valence-electron chi connectivity index (χ2n) is 4.74. The number of aliphatic imine (C=N–C) groups is 1. The highest BCUT2D eigenvalue weighted by Crippen LogP contribution is 2.28. The van der Waals surface area contributed by atoms with Crippen molar-refractivity contribution in [1.82, 2.24) is 10.2 Å². The zero-order valence-electron chi connectivity index (χ0n) is 9.28. The Balaban J connectivity index is 1.73. The fraction of sp³-hybridized carbons (Fsp3) is 0.909. The summed E-state index contributed by atoms with van der Waals surface area (Å²) >= 11 is 0. The van der Waals surface area contributed by atoms with Gasteiger partial charge >= 0.3 is 0 Å². The summed E-state index contributed by atoms with van der Waals surface area (Å²) in [6.45, 7) is 5.27. The highest BCUT2D eigenvalue weighted by Gasteiger charge is 2.37. The normalized spacial score (nSPS) is 39.9. The molecule has 3 atom stereocenters. The van der Waals surface area contributed by atoms with E-state index in [4.69, 9.17) is 4.74 Å². The summed E-state index contributed by atoms with van der Waals surface area (Å²) in [7, 11) is 0. The van der Waals surface area contributed by atoms with Crippen molar-refractivity contribution in [2.75, 3.05) is 19.6 Å². The van der Waals surface area contributed by atoms with Crippen molar-refractivity contribution in [3.05, 3.63) is 0 Å². The van der Waals surface area contributed by atoms with Crippen molar-refractivity contribution in [3.63, 3.8) is 0 Å². The molecule has 3 heterocycles. The van der Waals surface area contributed by atoms with E-state index in [1.54, 1.807) is 0 Å². The molecule has 0 aromatic heterocycles. The van der Waals surface area contributed by atoms with Crippen LogP contribution in [0, 0.1) is 0 Å². The predicted octanol–water partition coefficient (Wildman–Crippen LogP) is 0.587. The van der Waals surface area contributed by atoms with Gasteiger partial charge in [0.05, 0.1) is 18.2 Å². The van der Waals surface area contributed by atoms with E-state index in [9.17, 15) is 0 Å². The van der Waals surface area contributed by atoms with E-state index in [0.717, 1.165) is 32.0 Å². The molecule has 2 saturated heterocycles. The SMILES string of the molecule is CC1CCC(C2CCN=C3NCCN32)O1. The standard InChI is InChI=1S/C11H19N3O/c1-8-2-3-10(15-8)9-4-5-12-11-13-6-7-14(9)11/h8-10H,2-7H2,1H3,(H,12,13). The minimum Gasteiger partial charge on any atom is -0.373 e. The number of guanidine groups is 1. The number of nitrogens with one attached hydrogen (secondary N) is 1. The highest BCUT2D eigenvalue weighted by atomic mass is 16.5. The molecule has 0 aliphatic carbocycles. The van der Waals surface area contributed by atoms with Crippen LogP contribution in [0.15, 0.2) is 4.99 Å². The third-order valence-electron chi connectivity index (χ3n) is 3.69. The molecule has 0 bridgehead atoms. The molecule has 3 rings (SSSR count). The summed E-state index contributed by atoms with van der Waals surface area (Å²) < 4.78 is 5.98. The summed E-state index contributed by atoms with van der Waals surface area (Å²) in [5.41, 5.74) is 0. The molecule has 15 heavy (non-hydrogen) atoms. The van der Waals surface area contributed by atoms with Crippen molar-refractivity contribution >= 4 is 5.96 Å². The average Bonchev–Trinajstić information content (AvgIpc) is 2.84. The molecule has 0 aromatic rings. The smallest absolute Gasteiger partial charge is 0.194 e. The van der Waals surface area contributed by atoms with Crippen molar-refractivity contribution in [2.24, 2.45) is 4.99 Å². The molecule has 0 spiro atoms. The maximum Gasteiger partial charge on any atom is 0.194 e. The Labute approximate surface area is 90.7 Å². The zero-order chi connectivity index (χ0) is 10.3. The van der Waals surface area contributed by atoms with Crippen molar-refractivity contribution < 1.29 is 4.74 Å². The van der Waals surface area contributed by atoms with Gasteiger partial charge in [-0.3, -0.25) is 4.99 Å². The Morgan fingerprint density at radius 2 is 2.33 bits per heavy atom. The monoisotopic (exact) mass is 209 g/mol. The molecule has 4 nitrogen and oxygen atoms in total. The number of hydrogen-bond acceptors (Lipinski definition) is 4. The molecule has 3 unspecified atom stereocenters. The first-order valence-corrected chi connectivity index (χ1v) is 6.05. The van der Waals surface area contributed by atoms with Gasteiger partial charge in [0, 0.05) is 19.6 Å². The first-order valence-electron chi connectivity index (χ1n) is 6.05. The molecule has 2 fully saturated rings. The predicted molar refractivity (Wildman–Crippen MR) is 59.0 cm³/mol. The Morgan fingerprint density at radius 3 is 3.13 bits per heavy atom. The van der Waals surface area contributed by atoms with Crippen LogP contribution in [0.1, 0.15) is 26.2 Å². The molecule has 1 N–H and O–H groups in total. The van der Waals surface area contributed by atoms with Crippen LogP contribution in [0.3, 0.4) is 0 Å². The van der Waals surface area contributed by atoms with Crippen molar-refractivity contribution in [1.29, 1.82) is 0 Å². The van der Waals surface area contributed by atoms with E-state index in [-0.39, 0.29) is 0 Å². The molecule has 4 heteroatoms. The van der Waals surface area contributed by atoms with Crippen LogP contribution in [0.5, 0.6) is 0 Å². The van der Waals surface area contributed by atoms with Gasteiger partial charge in [-0.2, -0.15) is 0 Å². The largest absolute Gasteiger partial charge is 0.373 e. The highest BCUT2D eigenvalue weighted by molar-refractivity contribution is 5.82. The van der Waals surface area contributed by atoms with E-state index >= 15 is 0 Å². The van der Waals surface area contributed by atoms with Crippen LogP contribution in [0.25, 0.3) is 0 Å². The van der Waals surface area contributed by atoms with Crippen LogP contribution >= 0.6 is 0 Å². The fourth-order valence-electron chi connectivity index (χ4n) is 2.93. The number of ether oxygens (including phenoxy) is 1. The van der Waals surface area contributed by atoms with Crippen LogP contribution < -0.4 is 5.32 Å². The molecule has 84 valence electrons. The molecular formula is C11H19N3O. The van der Waals surface area contributed by atoms with Crippen LogP contribution in [-0.4, -0.2) is 48.7 Å². The summed E-state index contributed by atoms with van der Waals surface area (Å²) in [6, 6.07) is 0.567. The third-order valence-corrected chi connectivity index (χ3v) is 3.69. The van der Waals surface area contributed by atoms with Crippen LogP contribution in [0.4, 0.5) is 0 Å². The van der Waals surface area contributed by atoms with E-state index in [1.165, 1.54) is 12.8 Å². The van der Waals surface area contributed by atoms with Gasteiger partial charge in [0.1, 0.15) is 0 Å². The van der Waals surface area contributed by atoms with Crippen molar-refractivity contribution in [2.45, 2.75) is 44.4 Å². The van der Waals surface area contributed by atoms with Crippen molar-refractivity contribution in [3.8, 4) is 0 Å². The topological polar surface area (TPSA) is 36.9 Å². The number of fused-ring (bicyclic) bond motifs is 1. The van der Waals surface area contributed by atoms with Crippen LogP contribution in [-0.2, 0) is 4.74 Å². The third kappa shape index (κ3) is 1.61. The van der Waals surface area contributed by atoms with Gasteiger partial charge in [0.2, 0.25) is 0 Å². The number of nitrogens with zero attached hydrogens (tertiary/aromatic N) is 2. The minimum absolute atomic E-state index is 0.436. The second-order valence-corrected chi connectivity index (χ2v) is 4.74. The van der Waals surface area contributed by atoms with E-state index < -0.39 is 0 Å². The molecule has 0 saturated carbocycles. The quantitative estimate of drug-likeness (QED) is 0.686. The van der Waals surface area contributed by atoms with Gasteiger partial charge in [-0.15, -0.1) is 0 Å². The first-order chi connectivity index (χ1) is 7.34. The lowest BCUT2D eigenvalue weighted by Gasteiger charge is -2.35. The lowest BCUT2D eigenvalue weighted by atomic mass is 10.0. The maximum absolute atomic E-state index is 5.98. The maximum atomic E-state index is 5.98. The molecule has 0 radical (unpaired) electrons. The van der Waals surface area contributed by atoms with E-state index in [2.05, 4.69) is 22.1 Å². The Kier molecular flexibility index (Phi) is 2.31. The lowest BCUT2D eigenvalue weighted by Crippen LogP contribution is -2.49. The fourth-order valence-corrected chi connectivity index (χ4v) is 2.93. The Hall–Kier alpha value is -0.770. The zero-order valence-corrected chi connectivity index (χ0v) is 9.28. The molecular weight excluding hydrogens is 190 g/mol.